The number of ketones is 1. The summed E-state index contributed by atoms with van der Waals surface area (Å²) in [5.41, 5.74) is 7.21. The quantitative estimate of drug-likeness (QED) is 0.671. The number of carbonyl (C=O) groups is 1. The van der Waals surface area contributed by atoms with Crippen LogP contribution in [0.5, 0.6) is 0 Å². The number of fused-ring (bicyclic) bond motifs is 1. The van der Waals surface area contributed by atoms with Crippen LogP contribution >= 0.6 is 0 Å². The topological polar surface area (TPSA) is 72.2 Å². The molecule has 0 saturated heterocycles. The highest BCUT2D eigenvalue weighted by Gasteiger charge is 2.21. The molecule has 3 aromatic rings. The van der Waals surface area contributed by atoms with Crippen molar-refractivity contribution >= 4 is 11.6 Å². The number of aromatic nitrogens is 3. The fourth-order valence-electron chi connectivity index (χ4n) is 3.29. The van der Waals surface area contributed by atoms with E-state index in [9.17, 15) is 4.79 Å². The minimum atomic E-state index is -0.0244. The van der Waals surface area contributed by atoms with Crippen LogP contribution in [-0.2, 0) is 12.8 Å². The molecule has 6 nitrogen and oxygen atoms in total. The summed E-state index contributed by atoms with van der Waals surface area (Å²) in [5.74, 6) is 1.96. The van der Waals surface area contributed by atoms with Gasteiger partial charge in [-0.1, -0.05) is 32.0 Å². The van der Waals surface area contributed by atoms with Gasteiger partial charge in [0.15, 0.2) is 5.78 Å². The lowest BCUT2D eigenvalue weighted by molar-refractivity contribution is 0.0939. The summed E-state index contributed by atoms with van der Waals surface area (Å²) in [6.45, 7) is 4.55. The number of rotatable bonds is 6. The molecule has 0 amide bonds. The largest absolute Gasteiger partial charge is 0.294 e. The monoisotopic (exact) mass is 373 g/mol. The molecule has 28 heavy (non-hydrogen) atoms. The normalized spacial score (nSPS) is 14.3. The molecule has 1 N–H and O–H groups in total. The van der Waals surface area contributed by atoms with Crippen molar-refractivity contribution in [3.8, 4) is 11.3 Å². The summed E-state index contributed by atoms with van der Waals surface area (Å²) in [6.07, 6.45) is 7.00. The number of carbonyl (C=O) groups excluding carboxylic acids is 1. The summed E-state index contributed by atoms with van der Waals surface area (Å²) in [7, 11) is 0. The molecule has 1 aliphatic rings. The molecule has 1 aromatic carbocycles. The molecule has 3 heterocycles. The second kappa shape index (κ2) is 7.76. The van der Waals surface area contributed by atoms with Gasteiger partial charge in [0.2, 0.25) is 0 Å². The number of imidazole rings is 1. The van der Waals surface area contributed by atoms with Gasteiger partial charge in [-0.3, -0.25) is 20.2 Å². The minimum Gasteiger partial charge on any atom is -0.294 e. The highest BCUT2D eigenvalue weighted by Crippen LogP contribution is 2.24. The number of hydrogen-bond donors (Lipinski definition) is 1. The van der Waals surface area contributed by atoms with Crippen molar-refractivity contribution < 1.29 is 4.79 Å². The smallest absolute Gasteiger partial charge is 0.165 e. The summed E-state index contributed by atoms with van der Waals surface area (Å²) in [4.78, 5) is 25.6. The van der Waals surface area contributed by atoms with Crippen LogP contribution in [0.4, 0.5) is 0 Å². The molecule has 2 aromatic heterocycles. The van der Waals surface area contributed by atoms with E-state index in [0.29, 0.717) is 13.0 Å². The molecule has 4 rings (SSSR count). The first kappa shape index (κ1) is 18.1. The van der Waals surface area contributed by atoms with Crippen LogP contribution in [-0.4, -0.2) is 32.8 Å². The maximum Gasteiger partial charge on any atom is 0.165 e. The van der Waals surface area contributed by atoms with E-state index in [-0.39, 0.29) is 11.7 Å². The molecular weight excluding hydrogens is 350 g/mol. The Balaban J connectivity index is 1.49. The number of nitrogens with one attached hydrogen (secondary N) is 1. The number of nitrogens with zero attached hydrogens (tertiary/aromatic N) is 4. The summed E-state index contributed by atoms with van der Waals surface area (Å²) in [6, 6.07) is 11.7. The average molecular weight is 373 g/mol. The van der Waals surface area contributed by atoms with Crippen LogP contribution in [0, 0.1) is 5.92 Å². The SMILES string of the molecule is CC(C)C(=O)c1cccc(-c2cnc3n2NC(=NCCc2ccncc2)C3)c1. The first-order chi connectivity index (χ1) is 13.6. The standard InChI is InChI=1S/C22H23N5O/c1-15(2)22(28)18-5-3-4-17(12-18)19-14-25-21-13-20(26-27(19)21)24-11-8-16-6-9-23-10-7-16/h3-7,9-10,12,14-15H,8,11,13H2,1-2H3,(H,24,26). The summed E-state index contributed by atoms with van der Waals surface area (Å²) >= 11 is 0. The van der Waals surface area contributed by atoms with Gasteiger partial charge >= 0.3 is 0 Å². The molecule has 6 heteroatoms. The molecule has 0 fully saturated rings. The van der Waals surface area contributed by atoms with Gasteiger partial charge in [-0.2, -0.15) is 0 Å². The molecule has 0 unspecified atom stereocenters. The van der Waals surface area contributed by atoms with Crippen molar-refractivity contribution in [3.63, 3.8) is 0 Å². The average Bonchev–Trinajstić information content (AvgIpc) is 3.28. The predicted octanol–water partition coefficient (Wildman–Crippen LogP) is 3.52. The van der Waals surface area contributed by atoms with Gasteiger partial charge in [-0.05, 0) is 30.2 Å². The number of pyridine rings is 1. The van der Waals surface area contributed by atoms with Gasteiger partial charge in [0, 0.05) is 36.0 Å². The van der Waals surface area contributed by atoms with E-state index in [0.717, 1.165) is 34.9 Å². The Bertz CT molecular complexity index is 1020. The molecule has 0 atom stereocenters. The van der Waals surface area contributed by atoms with E-state index < -0.39 is 0 Å². The third-order valence-corrected chi connectivity index (χ3v) is 4.82. The second-order valence-corrected chi connectivity index (χ2v) is 7.22. The number of Topliss-reactive ketones (excluding diaryl/α,β-unsaturated/α-hetero) is 1. The number of aliphatic imine (C=N–C) groups is 1. The molecule has 142 valence electrons. The van der Waals surface area contributed by atoms with E-state index in [1.165, 1.54) is 5.56 Å². The van der Waals surface area contributed by atoms with Crippen molar-refractivity contribution in [1.82, 2.24) is 14.6 Å². The first-order valence-electron chi connectivity index (χ1n) is 9.52. The number of amidine groups is 1. The fraction of sp³-hybridized carbons (Fsp3) is 0.273. The van der Waals surface area contributed by atoms with Crippen LogP contribution in [0.3, 0.4) is 0 Å². The van der Waals surface area contributed by atoms with Crippen LogP contribution in [0.25, 0.3) is 11.3 Å². The van der Waals surface area contributed by atoms with Crippen LogP contribution in [0.1, 0.15) is 35.6 Å². The van der Waals surface area contributed by atoms with Crippen LogP contribution in [0.2, 0.25) is 0 Å². The summed E-state index contributed by atoms with van der Waals surface area (Å²) < 4.78 is 1.96. The Morgan fingerprint density at radius 1 is 1.25 bits per heavy atom. The lowest BCUT2D eigenvalue weighted by Gasteiger charge is -2.09. The zero-order valence-electron chi connectivity index (χ0n) is 16.1. The van der Waals surface area contributed by atoms with Gasteiger partial charge in [-0.25, -0.2) is 9.66 Å². The highest BCUT2D eigenvalue weighted by atomic mass is 16.1. The van der Waals surface area contributed by atoms with Crippen LogP contribution in [0.15, 0.2) is 60.0 Å². The molecule has 0 saturated carbocycles. The van der Waals surface area contributed by atoms with E-state index >= 15 is 0 Å². The van der Waals surface area contributed by atoms with Crippen LogP contribution < -0.4 is 5.43 Å². The number of benzene rings is 1. The van der Waals surface area contributed by atoms with Crippen molar-refractivity contribution in [2.24, 2.45) is 10.9 Å². The van der Waals surface area contributed by atoms with E-state index in [1.54, 1.807) is 12.4 Å². The fourth-order valence-corrected chi connectivity index (χ4v) is 3.29. The van der Waals surface area contributed by atoms with Crippen molar-refractivity contribution in [3.05, 3.63) is 71.9 Å². The molecule has 1 aliphatic heterocycles. The maximum absolute atomic E-state index is 12.3. The Kier molecular flexibility index (Phi) is 5.02. The van der Waals surface area contributed by atoms with Crippen molar-refractivity contribution in [2.45, 2.75) is 26.7 Å². The maximum atomic E-state index is 12.3. The Hall–Kier alpha value is -3.28. The zero-order chi connectivity index (χ0) is 19.5. The van der Waals surface area contributed by atoms with E-state index in [1.807, 2.05) is 61.1 Å². The minimum absolute atomic E-state index is 0.0244. The molecule has 0 spiro atoms. The van der Waals surface area contributed by atoms with Crippen molar-refractivity contribution in [1.29, 1.82) is 0 Å². The lowest BCUT2D eigenvalue weighted by atomic mass is 9.99. The van der Waals surface area contributed by atoms with Crippen molar-refractivity contribution in [2.75, 3.05) is 12.0 Å². The van der Waals surface area contributed by atoms with Gasteiger partial charge in [-0.15, -0.1) is 0 Å². The van der Waals surface area contributed by atoms with Gasteiger partial charge < -0.3 is 0 Å². The molecule has 0 bridgehead atoms. The Morgan fingerprint density at radius 3 is 2.86 bits per heavy atom. The lowest BCUT2D eigenvalue weighted by Crippen LogP contribution is -2.16. The Morgan fingerprint density at radius 2 is 2.07 bits per heavy atom. The summed E-state index contributed by atoms with van der Waals surface area (Å²) in [5, 5.41) is 0. The first-order valence-corrected chi connectivity index (χ1v) is 9.52. The Labute approximate surface area is 164 Å². The molecular formula is C22H23N5O. The van der Waals surface area contributed by atoms with Gasteiger partial charge in [0.25, 0.3) is 0 Å². The van der Waals surface area contributed by atoms with E-state index in [4.69, 9.17) is 0 Å². The third kappa shape index (κ3) is 3.71. The zero-order valence-corrected chi connectivity index (χ0v) is 16.1. The van der Waals surface area contributed by atoms with E-state index in [2.05, 4.69) is 20.4 Å². The third-order valence-electron chi connectivity index (χ3n) is 4.82. The van der Waals surface area contributed by atoms with Gasteiger partial charge in [0.05, 0.1) is 18.3 Å². The second-order valence-electron chi connectivity index (χ2n) is 7.22. The molecule has 0 radical (unpaired) electrons. The predicted molar refractivity (Wildman–Crippen MR) is 110 cm³/mol. The number of hydrogen-bond acceptors (Lipinski definition) is 4. The highest BCUT2D eigenvalue weighted by molar-refractivity contribution is 5.98. The molecule has 0 aliphatic carbocycles. The van der Waals surface area contributed by atoms with Gasteiger partial charge in [0.1, 0.15) is 11.7 Å².